The summed E-state index contributed by atoms with van der Waals surface area (Å²) in [6.45, 7) is 8.43. The lowest BCUT2D eigenvalue weighted by atomic mass is 9.97. The van der Waals surface area contributed by atoms with Crippen LogP contribution < -0.4 is 0 Å². The van der Waals surface area contributed by atoms with Gasteiger partial charge in [0.2, 0.25) is 0 Å². The maximum absolute atomic E-state index is 3.74. The monoisotopic (exact) mass is 196 g/mol. The van der Waals surface area contributed by atoms with Gasteiger partial charge in [-0.1, -0.05) is 64.9 Å². The maximum atomic E-state index is 3.74. The van der Waals surface area contributed by atoms with Crippen LogP contribution in [0.25, 0.3) is 0 Å². The van der Waals surface area contributed by atoms with E-state index in [1.54, 1.807) is 0 Å². The Bertz CT molecular complexity index is 115. The summed E-state index contributed by atoms with van der Waals surface area (Å²) in [5.74, 6) is 0.949. The molecule has 0 aromatic carbocycles. The quantitative estimate of drug-likeness (QED) is 0.327. The molecule has 0 saturated carbocycles. The van der Waals surface area contributed by atoms with Gasteiger partial charge in [0.25, 0.3) is 0 Å². The Morgan fingerprint density at radius 2 is 1.64 bits per heavy atom. The average molecular weight is 196 g/mol. The van der Waals surface area contributed by atoms with E-state index in [4.69, 9.17) is 0 Å². The number of rotatable bonds is 10. The Hall–Kier alpha value is -0.260. The molecule has 0 spiro atoms. The van der Waals surface area contributed by atoms with Gasteiger partial charge in [0.05, 0.1) is 0 Å². The topological polar surface area (TPSA) is 0 Å². The lowest BCUT2D eigenvalue weighted by Crippen LogP contribution is -1.94. The van der Waals surface area contributed by atoms with Gasteiger partial charge in [-0.2, -0.15) is 0 Å². The Labute approximate surface area is 90.8 Å². The number of unbranched alkanes of at least 4 members (excludes halogenated alkanes) is 5. The number of hydrogen-bond acceptors (Lipinski definition) is 0. The van der Waals surface area contributed by atoms with E-state index < -0.39 is 0 Å². The summed E-state index contributed by atoms with van der Waals surface area (Å²) in [6.07, 6.45) is 14.5. The summed E-state index contributed by atoms with van der Waals surface area (Å²) >= 11 is 0. The predicted octanol–water partition coefficient (Wildman–Crippen LogP) is 5.34. The first kappa shape index (κ1) is 13.7. The standard InChI is InChI=1S/C14H28/c1-4-6-8-9-11-13-14(3)12-10-7-5-2/h4,14H,1,5-13H2,2-3H3. The largest absolute Gasteiger partial charge is 0.103 e. The van der Waals surface area contributed by atoms with E-state index in [1.165, 1.54) is 57.8 Å². The molecule has 0 rings (SSSR count). The normalized spacial score (nSPS) is 12.7. The first-order valence-corrected chi connectivity index (χ1v) is 6.42. The van der Waals surface area contributed by atoms with Crippen LogP contribution in [0.1, 0.15) is 71.6 Å². The smallest absolute Gasteiger partial charge is 0.0353 e. The highest BCUT2D eigenvalue weighted by Gasteiger charge is 2.00. The van der Waals surface area contributed by atoms with Crippen molar-refractivity contribution in [3.63, 3.8) is 0 Å². The molecule has 1 atom stereocenters. The van der Waals surface area contributed by atoms with E-state index in [0.29, 0.717) is 0 Å². The van der Waals surface area contributed by atoms with Gasteiger partial charge in [0.15, 0.2) is 0 Å². The molecule has 84 valence electrons. The van der Waals surface area contributed by atoms with Gasteiger partial charge in [0, 0.05) is 0 Å². The fraction of sp³-hybridized carbons (Fsp3) is 0.857. The fourth-order valence-corrected chi connectivity index (χ4v) is 1.85. The van der Waals surface area contributed by atoms with E-state index in [0.717, 1.165) is 5.92 Å². The highest BCUT2D eigenvalue weighted by atomic mass is 14.1. The Morgan fingerprint density at radius 3 is 2.21 bits per heavy atom. The van der Waals surface area contributed by atoms with Crippen LogP contribution in [0.3, 0.4) is 0 Å². The highest BCUT2D eigenvalue weighted by Crippen LogP contribution is 2.16. The van der Waals surface area contributed by atoms with Crippen molar-refractivity contribution in [3.05, 3.63) is 12.7 Å². The summed E-state index contributed by atoms with van der Waals surface area (Å²) in [6, 6.07) is 0. The van der Waals surface area contributed by atoms with E-state index in [-0.39, 0.29) is 0 Å². The molecule has 0 saturated heterocycles. The van der Waals surface area contributed by atoms with Gasteiger partial charge in [-0.3, -0.25) is 0 Å². The molecule has 0 radical (unpaired) electrons. The summed E-state index contributed by atoms with van der Waals surface area (Å²) in [4.78, 5) is 0. The zero-order valence-corrected chi connectivity index (χ0v) is 10.2. The van der Waals surface area contributed by atoms with Crippen LogP contribution in [0, 0.1) is 5.92 Å². The highest BCUT2D eigenvalue weighted by molar-refractivity contribution is 4.65. The van der Waals surface area contributed by atoms with Crippen molar-refractivity contribution in [2.24, 2.45) is 5.92 Å². The fourth-order valence-electron chi connectivity index (χ4n) is 1.85. The number of hydrogen-bond donors (Lipinski definition) is 0. The molecule has 0 bridgehead atoms. The molecule has 1 unspecified atom stereocenters. The zero-order valence-electron chi connectivity index (χ0n) is 10.2. The first-order valence-electron chi connectivity index (χ1n) is 6.42. The molecule has 0 aliphatic carbocycles. The second-order valence-electron chi connectivity index (χ2n) is 4.53. The van der Waals surface area contributed by atoms with Gasteiger partial charge < -0.3 is 0 Å². The van der Waals surface area contributed by atoms with E-state index in [9.17, 15) is 0 Å². The first-order chi connectivity index (χ1) is 6.81. The Balaban J connectivity index is 3.09. The third-order valence-electron chi connectivity index (χ3n) is 2.91. The van der Waals surface area contributed by atoms with Crippen molar-refractivity contribution >= 4 is 0 Å². The van der Waals surface area contributed by atoms with Crippen molar-refractivity contribution in [3.8, 4) is 0 Å². The molecule has 0 N–H and O–H groups in total. The second-order valence-corrected chi connectivity index (χ2v) is 4.53. The minimum atomic E-state index is 0.949. The van der Waals surface area contributed by atoms with Crippen molar-refractivity contribution in [2.75, 3.05) is 0 Å². The van der Waals surface area contributed by atoms with Gasteiger partial charge in [-0.05, 0) is 18.8 Å². The third kappa shape index (κ3) is 9.83. The predicted molar refractivity (Wildman–Crippen MR) is 66.6 cm³/mol. The molecule has 0 aliphatic heterocycles. The van der Waals surface area contributed by atoms with Gasteiger partial charge >= 0.3 is 0 Å². The molecule has 0 fully saturated rings. The van der Waals surface area contributed by atoms with E-state index in [2.05, 4.69) is 20.4 Å². The Kier molecular flexibility index (Phi) is 10.6. The zero-order chi connectivity index (χ0) is 10.6. The maximum Gasteiger partial charge on any atom is -0.0353 e. The SMILES string of the molecule is C=CCCCCCC(C)CCCCC. The van der Waals surface area contributed by atoms with Crippen LogP contribution in [0.4, 0.5) is 0 Å². The minimum Gasteiger partial charge on any atom is -0.103 e. The summed E-state index contributed by atoms with van der Waals surface area (Å²) < 4.78 is 0. The van der Waals surface area contributed by atoms with Gasteiger partial charge in [-0.25, -0.2) is 0 Å². The summed E-state index contributed by atoms with van der Waals surface area (Å²) in [5.41, 5.74) is 0. The molecule has 0 aromatic rings. The molecule has 0 aromatic heterocycles. The average Bonchev–Trinajstić information content (AvgIpc) is 2.18. The molecule has 0 heteroatoms. The lowest BCUT2D eigenvalue weighted by Gasteiger charge is -2.10. The van der Waals surface area contributed by atoms with Gasteiger partial charge in [-0.15, -0.1) is 6.58 Å². The van der Waals surface area contributed by atoms with Crippen LogP contribution in [0.15, 0.2) is 12.7 Å². The van der Waals surface area contributed by atoms with Gasteiger partial charge in [0.1, 0.15) is 0 Å². The van der Waals surface area contributed by atoms with Crippen LogP contribution >= 0.6 is 0 Å². The molecule has 0 aliphatic rings. The molecular formula is C14H28. The summed E-state index contributed by atoms with van der Waals surface area (Å²) in [7, 11) is 0. The third-order valence-corrected chi connectivity index (χ3v) is 2.91. The molecule has 0 heterocycles. The van der Waals surface area contributed by atoms with Crippen molar-refractivity contribution in [1.29, 1.82) is 0 Å². The summed E-state index contributed by atoms with van der Waals surface area (Å²) in [5, 5.41) is 0. The molecule has 0 amide bonds. The van der Waals surface area contributed by atoms with Crippen LogP contribution in [0.5, 0.6) is 0 Å². The molecule has 0 nitrogen and oxygen atoms in total. The lowest BCUT2D eigenvalue weighted by molar-refractivity contribution is 0.440. The van der Waals surface area contributed by atoms with Crippen molar-refractivity contribution in [1.82, 2.24) is 0 Å². The van der Waals surface area contributed by atoms with Crippen LogP contribution in [0.2, 0.25) is 0 Å². The molecule has 14 heavy (non-hydrogen) atoms. The van der Waals surface area contributed by atoms with Crippen LogP contribution in [-0.4, -0.2) is 0 Å². The van der Waals surface area contributed by atoms with E-state index >= 15 is 0 Å². The minimum absolute atomic E-state index is 0.949. The van der Waals surface area contributed by atoms with Crippen molar-refractivity contribution < 1.29 is 0 Å². The second kappa shape index (κ2) is 10.8. The Morgan fingerprint density at radius 1 is 1.00 bits per heavy atom. The van der Waals surface area contributed by atoms with Crippen LogP contribution in [-0.2, 0) is 0 Å². The molecular weight excluding hydrogens is 168 g/mol. The number of allylic oxidation sites excluding steroid dienone is 1. The van der Waals surface area contributed by atoms with Crippen molar-refractivity contribution in [2.45, 2.75) is 71.6 Å². The van der Waals surface area contributed by atoms with E-state index in [1.807, 2.05) is 6.08 Å².